The summed E-state index contributed by atoms with van der Waals surface area (Å²) in [6, 6.07) is -1.41. The van der Waals surface area contributed by atoms with E-state index in [-0.39, 0.29) is 18.4 Å². The van der Waals surface area contributed by atoms with Crippen LogP contribution in [0, 0.1) is 6.92 Å². The summed E-state index contributed by atoms with van der Waals surface area (Å²) in [5.74, 6) is -1.97. The third kappa shape index (κ3) is 4.56. The van der Waals surface area contributed by atoms with Gasteiger partial charge in [0.15, 0.2) is 6.04 Å². The molecule has 116 valence electrons. The fraction of sp³-hybridized carbons (Fsp3) is 0.500. The number of aliphatic carboxylic acids is 1. The lowest BCUT2D eigenvalue weighted by Crippen LogP contribution is -2.47. The molecule has 0 radical (unpaired) electrons. The van der Waals surface area contributed by atoms with Crippen molar-refractivity contribution < 1.29 is 19.8 Å². The fourth-order valence-electron chi connectivity index (χ4n) is 1.80. The van der Waals surface area contributed by atoms with Gasteiger partial charge in [0.05, 0.1) is 6.10 Å². The van der Waals surface area contributed by atoms with Gasteiger partial charge >= 0.3 is 11.7 Å². The van der Waals surface area contributed by atoms with Crippen LogP contribution in [0.15, 0.2) is 9.59 Å². The van der Waals surface area contributed by atoms with Crippen LogP contribution >= 0.6 is 0 Å². The molecule has 9 nitrogen and oxygen atoms in total. The Balaban J connectivity index is 2.72. The highest BCUT2D eigenvalue weighted by molar-refractivity contribution is 5.84. The monoisotopic (exact) mass is 299 g/mol. The van der Waals surface area contributed by atoms with Crippen molar-refractivity contribution in [2.75, 3.05) is 0 Å². The van der Waals surface area contributed by atoms with Crippen molar-refractivity contribution in [3.63, 3.8) is 0 Å². The number of aliphatic hydroxyl groups is 1. The summed E-state index contributed by atoms with van der Waals surface area (Å²) in [5, 5.41) is 20.2. The Hall–Kier alpha value is -2.42. The van der Waals surface area contributed by atoms with Gasteiger partial charge in [0.25, 0.3) is 5.56 Å². The standard InChI is InChI=1S/C12H17N3O6/c1-5-7(10(18)15-12(21)13-5)3-4-8(17)14-9(6(2)16)11(19)20/h6,9,16H,3-4H2,1-2H3,(H,14,17)(H,19,20)(H2,13,15,18,21)/t6-,9+/m1/s1. The summed E-state index contributed by atoms with van der Waals surface area (Å²) in [4.78, 5) is 49.5. The number of rotatable bonds is 6. The first-order chi connectivity index (χ1) is 9.72. The Morgan fingerprint density at radius 1 is 1.29 bits per heavy atom. The topological polar surface area (TPSA) is 152 Å². The van der Waals surface area contributed by atoms with Gasteiger partial charge in [-0.05, 0) is 20.3 Å². The van der Waals surface area contributed by atoms with Crippen molar-refractivity contribution >= 4 is 11.9 Å². The van der Waals surface area contributed by atoms with Gasteiger partial charge in [-0.25, -0.2) is 9.59 Å². The maximum atomic E-state index is 11.7. The zero-order valence-electron chi connectivity index (χ0n) is 11.6. The molecule has 1 heterocycles. The third-order valence-electron chi connectivity index (χ3n) is 2.92. The summed E-state index contributed by atoms with van der Waals surface area (Å²) in [6.07, 6.45) is -1.35. The minimum atomic E-state index is -1.41. The molecule has 1 amide bonds. The molecular weight excluding hydrogens is 282 g/mol. The number of hydrogen-bond acceptors (Lipinski definition) is 5. The molecule has 5 N–H and O–H groups in total. The Morgan fingerprint density at radius 2 is 1.90 bits per heavy atom. The molecule has 0 bridgehead atoms. The number of hydrogen-bond donors (Lipinski definition) is 5. The van der Waals surface area contributed by atoms with Crippen molar-refractivity contribution in [1.29, 1.82) is 0 Å². The van der Waals surface area contributed by atoms with E-state index in [1.165, 1.54) is 13.8 Å². The van der Waals surface area contributed by atoms with Crippen LogP contribution in [0.25, 0.3) is 0 Å². The molecule has 0 saturated carbocycles. The summed E-state index contributed by atoms with van der Waals surface area (Å²) in [7, 11) is 0. The smallest absolute Gasteiger partial charge is 0.328 e. The Kier molecular flexibility index (Phi) is 5.42. The van der Waals surface area contributed by atoms with E-state index in [1.807, 2.05) is 4.98 Å². The van der Waals surface area contributed by atoms with E-state index in [0.717, 1.165) is 0 Å². The predicted molar refractivity (Wildman–Crippen MR) is 72.0 cm³/mol. The number of nitrogens with one attached hydrogen (secondary N) is 3. The lowest BCUT2D eigenvalue weighted by molar-refractivity contribution is -0.144. The number of carbonyl (C=O) groups is 2. The molecule has 1 rings (SSSR count). The van der Waals surface area contributed by atoms with Gasteiger partial charge in [-0.3, -0.25) is 14.6 Å². The summed E-state index contributed by atoms with van der Waals surface area (Å²) in [5.41, 5.74) is -0.629. The number of amides is 1. The van der Waals surface area contributed by atoms with Crippen LogP contribution < -0.4 is 16.6 Å². The molecule has 0 spiro atoms. The first-order valence-electron chi connectivity index (χ1n) is 6.24. The lowest BCUT2D eigenvalue weighted by Gasteiger charge is -2.16. The second kappa shape index (κ2) is 6.84. The van der Waals surface area contributed by atoms with Crippen molar-refractivity contribution in [2.24, 2.45) is 0 Å². The Bertz CT molecular complexity index is 645. The van der Waals surface area contributed by atoms with E-state index in [2.05, 4.69) is 10.3 Å². The van der Waals surface area contributed by atoms with E-state index >= 15 is 0 Å². The van der Waals surface area contributed by atoms with Crippen LogP contribution in [0.2, 0.25) is 0 Å². The van der Waals surface area contributed by atoms with Gasteiger partial charge in [-0.2, -0.15) is 0 Å². The normalized spacial score (nSPS) is 13.5. The molecule has 0 aromatic carbocycles. The van der Waals surface area contributed by atoms with Gasteiger partial charge in [0.1, 0.15) is 0 Å². The van der Waals surface area contributed by atoms with E-state index < -0.39 is 35.3 Å². The molecule has 0 aliphatic heterocycles. The Labute approximate surface area is 119 Å². The minimum Gasteiger partial charge on any atom is -0.480 e. The van der Waals surface area contributed by atoms with Gasteiger partial charge in [0, 0.05) is 17.7 Å². The second-order valence-electron chi connectivity index (χ2n) is 4.64. The molecule has 0 aliphatic rings. The van der Waals surface area contributed by atoms with Crippen molar-refractivity contribution in [3.05, 3.63) is 32.1 Å². The van der Waals surface area contributed by atoms with Gasteiger partial charge in [-0.15, -0.1) is 0 Å². The number of carboxylic acids is 1. The highest BCUT2D eigenvalue weighted by Crippen LogP contribution is 2.01. The molecule has 21 heavy (non-hydrogen) atoms. The molecule has 1 aromatic rings. The number of aliphatic hydroxyl groups excluding tert-OH is 1. The van der Waals surface area contributed by atoms with Crippen LogP contribution in [0.4, 0.5) is 0 Å². The van der Waals surface area contributed by atoms with E-state index in [4.69, 9.17) is 5.11 Å². The van der Waals surface area contributed by atoms with Crippen molar-refractivity contribution in [1.82, 2.24) is 15.3 Å². The summed E-state index contributed by atoms with van der Waals surface area (Å²) < 4.78 is 0. The number of aryl methyl sites for hydroxylation is 1. The highest BCUT2D eigenvalue weighted by atomic mass is 16.4. The minimum absolute atomic E-state index is 0.0376. The maximum absolute atomic E-state index is 11.7. The number of carboxylic acid groups (broad SMARTS) is 1. The molecule has 2 atom stereocenters. The zero-order valence-corrected chi connectivity index (χ0v) is 11.6. The highest BCUT2D eigenvalue weighted by Gasteiger charge is 2.24. The molecule has 0 fully saturated rings. The van der Waals surface area contributed by atoms with E-state index in [9.17, 15) is 24.3 Å². The molecular formula is C12H17N3O6. The Morgan fingerprint density at radius 3 is 2.38 bits per heavy atom. The summed E-state index contributed by atoms with van der Waals surface area (Å²) >= 11 is 0. The zero-order chi connectivity index (χ0) is 16.2. The van der Waals surface area contributed by atoms with Crippen LogP contribution in [0.1, 0.15) is 24.6 Å². The average molecular weight is 299 g/mol. The van der Waals surface area contributed by atoms with E-state index in [1.54, 1.807) is 0 Å². The van der Waals surface area contributed by atoms with E-state index in [0.29, 0.717) is 5.69 Å². The van der Waals surface area contributed by atoms with Crippen LogP contribution in [-0.2, 0) is 16.0 Å². The number of H-pyrrole nitrogens is 2. The van der Waals surface area contributed by atoms with Gasteiger partial charge in [-0.1, -0.05) is 0 Å². The molecule has 9 heteroatoms. The van der Waals surface area contributed by atoms with Crippen LogP contribution in [-0.4, -0.2) is 44.2 Å². The van der Waals surface area contributed by atoms with Crippen molar-refractivity contribution in [2.45, 2.75) is 38.8 Å². The second-order valence-corrected chi connectivity index (χ2v) is 4.64. The van der Waals surface area contributed by atoms with Crippen molar-refractivity contribution in [3.8, 4) is 0 Å². The lowest BCUT2D eigenvalue weighted by atomic mass is 10.1. The number of aromatic nitrogens is 2. The third-order valence-corrected chi connectivity index (χ3v) is 2.92. The average Bonchev–Trinajstić information content (AvgIpc) is 2.33. The predicted octanol–water partition coefficient (Wildman–Crippen LogP) is -1.75. The van der Waals surface area contributed by atoms with Gasteiger partial charge < -0.3 is 20.5 Å². The molecule has 1 aromatic heterocycles. The molecule has 0 saturated heterocycles. The maximum Gasteiger partial charge on any atom is 0.328 e. The molecule has 0 unspecified atom stereocenters. The molecule has 0 aliphatic carbocycles. The van der Waals surface area contributed by atoms with Gasteiger partial charge in [0.2, 0.25) is 5.91 Å². The summed E-state index contributed by atoms with van der Waals surface area (Å²) in [6.45, 7) is 2.77. The number of aromatic amines is 2. The van der Waals surface area contributed by atoms with Crippen LogP contribution in [0.5, 0.6) is 0 Å². The largest absolute Gasteiger partial charge is 0.480 e. The first kappa shape index (κ1) is 16.6. The fourth-order valence-corrected chi connectivity index (χ4v) is 1.80. The SMILES string of the molecule is Cc1[nH]c(=O)[nH]c(=O)c1CCC(=O)N[C@H](C(=O)O)[C@@H](C)O. The number of carbonyl (C=O) groups excluding carboxylic acids is 1. The first-order valence-corrected chi connectivity index (χ1v) is 6.24. The quantitative estimate of drug-likeness (QED) is 0.420. The van der Waals surface area contributed by atoms with Crippen LogP contribution in [0.3, 0.4) is 0 Å².